The summed E-state index contributed by atoms with van der Waals surface area (Å²) in [6.45, 7) is 3.07. The lowest BCUT2D eigenvalue weighted by molar-refractivity contribution is -0.119. The Balaban J connectivity index is 2.33. The number of furan rings is 1. The summed E-state index contributed by atoms with van der Waals surface area (Å²) < 4.78 is 5.17. The summed E-state index contributed by atoms with van der Waals surface area (Å²) in [5.41, 5.74) is 0. The van der Waals surface area contributed by atoms with Gasteiger partial charge in [0.25, 0.3) is 0 Å². The fraction of sp³-hybridized carbons (Fsp3) is 0.500. The Morgan fingerprint density at radius 2 is 2.38 bits per heavy atom. The van der Waals surface area contributed by atoms with Gasteiger partial charge in [-0.3, -0.25) is 9.69 Å². The topological polar surface area (TPSA) is 33.5 Å². The molecule has 0 aliphatic rings. The highest BCUT2D eigenvalue weighted by Crippen LogP contribution is 2.03. The van der Waals surface area contributed by atoms with E-state index in [0.29, 0.717) is 19.5 Å². The third-order valence-corrected chi connectivity index (χ3v) is 1.85. The van der Waals surface area contributed by atoms with Crippen LogP contribution in [0, 0.1) is 0 Å². The molecule has 72 valence electrons. The average molecular weight is 181 g/mol. The fourth-order valence-electron chi connectivity index (χ4n) is 1.14. The molecule has 0 aliphatic heterocycles. The molecular formula is C10H15NO2. The predicted octanol–water partition coefficient (Wildman–Crippen LogP) is 1.69. The first kappa shape index (κ1) is 9.99. The lowest BCUT2D eigenvalue weighted by Crippen LogP contribution is -2.24. The molecule has 0 fully saturated rings. The standard InChI is InChI=1S/C10H15NO2/c1-3-9(12)7-11(2)8-10-5-4-6-13-10/h4-6H,3,7-8H2,1-2H3. The summed E-state index contributed by atoms with van der Waals surface area (Å²) >= 11 is 0. The number of nitrogens with zero attached hydrogens (tertiary/aromatic N) is 1. The van der Waals surface area contributed by atoms with Gasteiger partial charge in [0.05, 0.1) is 19.4 Å². The first-order valence-electron chi connectivity index (χ1n) is 4.45. The second-order valence-electron chi connectivity index (χ2n) is 3.14. The Morgan fingerprint density at radius 3 is 2.92 bits per heavy atom. The molecule has 0 bridgehead atoms. The average Bonchev–Trinajstić information content (AvgIpc) is 2.56. The molecular weight excluding hydrogens is 166 g/mol. The van der Waals surface area contributed by atoms with Gasteiger partial charge < -0.3 is 4.42 Å². The maximum atomic E-state index is 11.1. The summed E-state index contributed by atoms with van der Waals surface area (Å²) in [5, 5.41) is 0. The number of carbonyl (C=O) groups is 1. The van der Waals surface area contributed by atoms with E-state index >= 15 is 0 Å². The smallest absolute Gasteiger partial charge is 0.146 e. The van der Waals surface area contributed by atoms with Crippen molar-refractivity contribution in [2.75, 3.05) is 13.6 Å². The van der Waals surface area contributed by atoms with E-state index in [9.17, 15) is 4.79 Å². The number of carbonyl (C=O) groups excluding carboxylic acids is 1. The summed E-state index contributed by atoms with van der Waals surface area (Å²) in [6, 6.07) is 3.76. The van der Waals surface area contributed by atoms with E-state index in [-0.39, 0.29) is 5.78 Å². The van der Waals surface area contributed by atoms with Crippen molar-refractivity contribution < 1.29 is 9.21 Å². The Labute approximate surface area is 78.3 Å². The monoisotopic (exact) mass is 181 g/mol. The molecule has 0 unspecified atom stereocenters. The number of rotatable bonds is 5. The largest absolute Gasteiger partial charge is 0.468 e. The highest BCUT2D eigenvalue weighted by atomic mass is 16.3. The van der Waals surface area contributed by atoms with E-state index < -0.39 is 0 Å². The van der Waals surface area contributed by atoms with E-state index in [1.54, 1.807) is 6.26 Å². The maximum Gasteiger partial charge on any atom is 0.146 e. The van der Waals surface area contributed by atoms with Crippen LogP contribution in [0.25, 0.3) is 0 Å². The zero-order valence-corrected chi connectivity index (χ0v) is 8.12. The van der Waals surface area contributed by atoms with Gasteiger partial charge in [-0.15, -0.1) is 0 Å². The number of hydrogen-bond acceptors (Lipinski definition) is 3. The molecule has 0 saturated heterocycles. The van der Waals surface area contributed by atoms with Crippen molar-refractivity contribution in [2.45, 2.75) is 19.9 Å². The summed E-state index contributed by atoms with van der Waals surface area (Å²) in [6.07, 6.45) is 2.24. The number of hydrogen-bond donors (Lipinski definition) is 0. The van der Waals surface area contributed by atoms with Gasteiger partial charge >= 0.3 is 0 Å². The van der Waals surface area contributed by atoms with Crippen LogP contribution in [0.3, 0.4) is 0 Å². The molecule has 0 aliphatic carbocycles. The molecule has 0 aromatic carbocycles. The summed E-state index contributed by atoms with van der Waals surface area (Å²) in [4.78, 5) is 13.0. The molecule has 0 saturated carbocycles. The van der Waals surface area contributed by atoms with Crippen LogP contribution in [0.2, 0.25) is 0 Å². The van der Waals surface area contributed by atoms with E-state index in [1.807, 2.05) is 31.0 Å². The van der Waals surface area contributed by atoms with Gasteiger partial charge in [0.2, 0.25) is 0 Å². The van der Waals surface area contributed by atoms with Crippen LogP contribution in [0.4, 0.5) is 0 Å². The van der Waals surface area contributed by atoms with Crippen molar-refractivity contribution >= 4 is 5.78 Å². The van der Waals surface area contributed by atoms with Crippen LogP contribution in [0.15, 0.2) is 22.8 Å². The number of likely N-dealkylation sites (N-methyl/N-ethyl adjacent to an activating group) is 1. The fourth-order valence-corrected chi connectivity index (χ4v) is 1.14. The Kier molecular flexibility index (Phi) is 3.71. The first-order chi connectivity index (χ1) is 6.22. The van der Waals surface area contributed by atoms with E-state index in [2.05, 4.69) is 0 Å². The number of ketones is 1. The molecule has 13 heavy (non-hydrogen) atoms. The predicted molar refractivity (Wildman–Crippen MR) is 50.3 cm³/mol. The molecule has 0 atom stereocenters. The minimum absolute atomic E-state index is 0.258. The van der Waals surface area contributed by atoms with Crippen molar-refractivity contribution in [3.05, 3.63) is 24.2 Å². The van der Waals surface area contributed by atoms with Crippen molar-refractivity contribution in [3.63, 3.8) is 0 Å². The van der Waals surface area contributed by atoms with E-state index in [1.165, 1.54) is 0 Å². The molecule has 3 heteroatoms. The highest BCUT2D eigenvalue weighted by Gasteiger charge is 2.05. The zero-order chi connectivity index (χ0) is 9.68. The molecule has 0 amide bonds. The molecule has 3 nitrogen and oxygen atoms in total. The Bertz CT molecular complexity index is 254. The minimum atomic E-state index is 0.258. The third-order valence-electron chi connectivity index (χ3n) is 1.85. The maximum absolute atomic E-state index is 11.1. The van der Waals surface area contributed by atoms with Crippen LogP contribution in [0.5, 0.6) is 0 Å². The van der Waals surface area contributed by atoms with Gasteiger partial charge in [0.15, 0.2) is 0 Å². The van der Waals surface area contributed by atoms with Crippen molar-refractivity contribution in [1.29, 1.82) is 0 Å². The van der Waals surface area contributed by atoms with Gasteiger partial charge in [-0.1, -0.05) is 6.92 Å². The van der Waals surface area contributed by atoms with Gasteiger partial charge in [0, 0.05) is 6.42 Å². The molecule has 1 aromatic rings. The minimum Gasteiger partial charge on any atom is -0.468 e. The quantitative estimate of drug-likeness (QED) is 0.693. The lowest BCUT2D eigenvalue weighted by Gasteiger charge is -2.12. The normalized spacial score (nSPS) is 10.7. The van der Waals surface area contributed by atoms with Crippen LogP contribution >= 0.6 is 0 Å². The van der Waals surface area contributed by atoms with Gasteiger partial charge in [-0.2, -0.15) is 0 Å². The molecule has 0 N–H and O–H groups in total. The van der Waals surface area contributed by atoms with E-state index in [4.69, 9.17) is 4.42 Å². The molecule has 1 aromatic heterocycles. The summed E-state index contributed by atoms with van der Waals surface area (Å²) in [7, 11) is 1.91. The van der Waals surface area contributed by atoms with Gasteiger partial charge in [0.1, 0.15) is 11.5 Å². The van der Waals surface area contributed by atoms with Crippen LogP contribution < -0.4 is 0 Å². The van der Waals surface area contributed by atoms with Crippen molar-refractivity contribution in [1.82, 2.24) is 4.90 Å². The SMILES string of the molecule is CCC(=O)CN(C)Cc1ccco1. The van der Waals surface area contributed by atoms with Crippen molar-refractivity contribution in [2.24, 2.45) is 0 Å². The second-order valence-corrected chi connectivity index (χ2v) is 3.14. The number of Topliss-reactive ketones (excluding diaryl/α,β-unsaturated/α-hetero) is 1. The van der Waals surface area contributed by atoms with Crippen LogP contribution in [-0.2, 0) is 11.3 Å². The van der Waals surface area contributed by atoms with E-state index in [0.717, 1.165) is 5.76 Å². The first-order valence-corrected chi connectivity index (χ1v) is 4.45. The van der Waals surface area contributed by atoms with Gasteiger partial charge in [-0.25, -0.2) is 0 Å². The van der Waals surface area contributed by atoms with Crippen molar-refractivity contribution in [3.8, 4) is 0 Å². The summed E-state index contributed by atoms with van der Waals surface area (Å²) in [5.74, 6) is 1.15. The molecule has 0 radical (unpaired) electrons. The van der Waals surface area contributed by atoms with Crippen LogP contribution in [0.1, 0.15) is 19.1 Å². The molecule has 0 spiro atoms. The van der Waals surface area contributed by atoms with Gasteiger partial charge in [-0.05, 0) is 19.2 Å². The van der Waals surface area contributed by atoms with Crippen LogP contribution in [-0.4, -0.2) is 24.3 Å². The highest BCUT2D eigenvalue weighted by molar-refractivity contribution is 5.80. The Morgan fingerprint density at radius 1 is 1.62 bits per heavy atom. The lowest BCUT2D eigenvalue weighted by atomic mass is 10.3. The Hall–Kier alpha value is -1.09. The molecule has 1 heterocycles. The zero-order valence-electron chi connectivity index (χ0n) is 8.12. The second kappa shape index (κ2) is 4.82. The third kappa shape index (κ3) is 3.42. The molecule has 1 rings (SSSR count).